The van der Waals surface area contributed by atoms with Crippen LogP contribution in [-0.2, 0) is 26.9 Å². The molecule has 0 aliphatic carbocycles. The number of rotatable bonds is 5. The maximum atomic E-state index is 12.4. The first-order valence-electron chi connectivity index (χ1n) is 7.65. The van der Waals surface area contributed by atoms with Crippen molar-refractivity contribution in [3.8, 4) is 0 Å². The Kier molecular flexibility index (Phi) is 5.05. The largest absolute Gasteiger partial charge is 0.379 e. The van der Waals surface area contributed by atoms with Crippen LogP contribution >= 0.6 is 0 Å². The van der Waals surface area contributed by atoms with Crippen LogP contribution < -0.4 is 0 Å². The van der Waals surface area contributed by atoms with Gasteiger partial charge in [0.25, 0.3) is 0 Å². The maximum Gasteiger partial charge on any atom is 0.199 e. The molecule has 2 heterocycles. The lowest BCUT2D eigenvalue weighted by molar-refractivity contribution is 0.0342. The van der Waals surface area contributed by atoms with Crippen molar-refractivity contribution in [2.75, 3.05) is 26.3 Å². The average molecular weight is 332 g/mol. The topological polar surface area (TPSA) is 59.5 Å². The molecule has 5 nitrogen and oxygen atoms in total. The molecule has 0 saturated carbocycles. The predicted molar refractivity (Wildman–Crippen MR) is 87.7 cm³/mol. The Morgan fingerprint density at radius 2 is 1.83 bits per heavy atom. The number of benzene rings is 1. The molecule has 1 saturated heterocycles. The van der Waals surface area contributed by atoms with Gasteiger partial charge in [-0.2, -0.15) is 0 Å². The first-order chi connectivity index (χ1) is 11.1. The lowest BCUT2D eigenvalue weighted by Gasteiger charge is -2.26. The number of morpholine rings is 1. The monoisotopic (exact) mass is 332 g/mol. The molecule has 6 heteroatoms. The highest BCUT2D eigenvalue weighted by molar-refractivity contribution is 7.90. The summed E-state index contributed by atoms with van der Waals surface area (Å²) < 4.78 is 30.2. The molecule has 0 radical (unpaired) electrons. The third kappa shape index (κ3) is 4.37. The van der Waals surface area contributed by atoms with Gasteiger partial charge in [-0.1, -0.05) is 30.3 Å². The molecule has 0 atom stereocenters. The number of nitrogens with zero attached hydrogens (tertiary/aromatic N) is 2. The quantitative estimate of drug-likeness (QED) is 0.837. The fraction of sp³-hybridized carbons (Fsp3) is 0.353. The van der Waals surface area contributed by atoms with E-state index in [9.17, 15) is 8.42 Å². The van der Waals surface area contributed by atoms with E-state index in [1.54, 1.807) is 12.1 Å². The Morgan fingerprint density at radius 3 is 2.57 bits per heavy atom. The molecule has 23 heavy (non-hydrogen) atoms. The first-order valence-corrected chi connectivity index (χ1v) is 9.30. The van der Waals surface area contributed by atoms with Crippen LogP contribution in [0.2, 0.25) is 0 Å². The molecule has 0 spiro atoms. The predicted octanol–water partition coefficient (Wildman–Crippen LogP) is 1.89. The summed E-state index contributed by atoms with van der Waals surface area (Å²) >= 11 is 0. The van der Waals surface area contributed by atoms with E-state index in [1.165, 1.54) is 12.3 Å². The van der Waals surface area contributed by atoms with Crippen LogP contribution in [0.15, 0.2) is 53.7 Å². The van der Waals surface area contributed by atoms with Gasteiger partial charge in [-0.25, -0.2) is 13.4 Å². The Balaban J connectivity index is 1.72. The number of ether oxygens (including phenoxy) is 1. The fourth-order valence-electron chi connectivity index (χ4n) is 2.66. The van der Waals surface area contributed by atoms with Crippen LogP contribution in [0.3, 0.4) is 0 Å². The van der Waals surface area contributed by atoms with Crippen molar-refractivity contribution in [1.82, 2.24) is 9.88 Å². The molecule has 1 aliphatic rings. The first kappa shape index (κ1) is 16.1. The van der Waals surface area contributed by atoms with E-state index in [0.717, 1.165) is 44.0 Å². The van der Waals surface area contributed by atoms with E-state index in [2.05, 4.69) is 9.88 Å². The SMILES string of the molecule is O=S(=O)(Cc1cccc(CN2CCOCC2)c1)c1ccccn1. The highest BCUT2D eigenvalue weighted by Gasteiger charge is 2.17. The molecule has 1 aromatic carbocycles. The molecule has 122 valence electrons. The van der Waals surface area contributed by atoms with E-state index in [-0.39, 0.29) is 10.8 Å². The zero-order valence-electron chi connectivity index (χ0n) is 12.9. The summed E-state index contributed by atoms with van der Waals surface area (Å²) in [5, 5.41) is 0.124. The Morgan fingerprint density at radius 1 is 1.04 bits per heavy atom. The summed E-state index contributed by atoms with van der Waals surface area (Å²) in [6.07, 6.45) is 1.50. The minimum absolute atomic E-state index is 0.0268. The van der Waals surface area contributed by atoms with Gasteiger partial charge in [-0.3, -0.25) is 4.90 Å². The standard InChI is InChI=1S/C17H20N2O3S/c20-23(21,17-6-1-2-7-18-17)14-16-5-3-4-15(12-16)13-19-8-10-22-11-9-19/h1-7,12H,8-11,13-14H2. The van der Waals surface area contributed by atoms with Crippen LogP contribution in [0.4, 0.5) is 0 Å². The van der Waals surface area contributed by atoms with Crippen LogP contribution in [0.1, 0.15) is 11.1 Å². The van der Waals surface area contributed by atoms with E-state index >= 15 is 0 Å². The molecule has 2 aromatic rings. The van der Waals surface area contributed by atoms with Crippen molar-refractivity contribution >= 4 is 9.84 Å². The van der Waals surface area contributed by atoms with Gasteiger partial charge in [0, 0.05) is 25.8 Å². The summed E-state index contributed by atoms with van der Waals surface area (Å²) in [4.78, 5) is 6.27. The van der Waals surface area contributed by atoms with Gasteiger partial charge in [0.05, 0.1) is 19.0 Å². The summed E-state index contributed by atoms with van der Waals surface area (Å²) in [7, 11) is -3.41. The maximum absolute atomic E-state index is 12.4. The molecule has 0 N–H and O–H groups in total. The van der Waals surface area contributed by atoms with Gasteiger partial charge >= 0.3 is 0 Å². The van der Waals surface area contributed by atoms with Crippen molar-refractivity contribution in [3.63, 3.8) is 0 Å². The molecule has 0 bridgehead atoms. The molecule has 0 amide bonds. The molecule has 1 aromatic heterocycles. The molecule has 1 fully saturated rings. The lowest BCUT2D eigenvalue weighted by atomic mass is 10.1. The van der Waals surface area contributed by atoms with E-state index in [0.29, 0.717) is 0 Å². The second-order valence-corrected chi connectivity index (χ2v) is 7.57. The van der Waals surface area contributed by atoms with Crippen molar-refractivity contribution in [2.24, 2.45) is 0 Å². The van der Waals surface area contributed by atoms with Gasteiger partial charge in [-0.15, -0.1) is 0 Å². The summed E-state index contributed by atoms with van der Waals surface area (Å²) in [6.45, 7) is 4.16. The molecule has 1 aliphatic heterocycles. The highest BCUT2D eigenvalue weighted by Crippen LogP contribution is 2.16. The van der Waals surface area contributed by atoms with E-state index in [1.807, 2.05) is 24.3 Å². The summed E-state index contributed by atoms with van der Waals surface area (Å²) in [5.74, 6) is -0.0268. The second-order valence-electron chi connectivity index (χ2n) is 5.64. The number of hydrogen-bond donors (Lipinski definition) is 0. The number of aromatic nitrogens is 1. The number of sulfone groups is 1. The highest BCUT2D eigenvalue weighted by atomic mass is 32.2. The lowest BCUT2D eigenvalue weighted by Crippen LogP contribution is -2.35. The molecule has 0 unspecified atom stereocenters. The smallest absolute Gasteiger partial charge is 0.199 e. The van der Waals surface area contributed by atoms with E-state index < -0.39 is 9.84 Å². The number of hydrogen-bond acceptors (Lipinski definition) is 5. The number of pyridine rings is 1. The fourth-order valence-corrected chi connectivity index (χ4v) is 3.93. The van der Waals surface area contributed by atoms with Crippen molar-refractivity contribution in [1.29, 1.82) is 0 Å². The van der Waals surface area contributed by atoms with Crippen molar-refractivity contribution in [2.45, 2.75) is 17.3 Å². The second kappa shape index (κ2) is 7.21. The average Bonchev–Trinajstić information content (AvgIpc) is 2.56. The van der Waals surface area contributed by atoms with Crippen LogP contribution in [-0.4, -0.2) is 44.6 Å². The van der Waals surface area contributed by atoms with Gasteiger partial charge < -0.3 is 4.74 Å². The van der Waals surface area contributed by atoms with Crippen molar-refractivity contribution < 1.29 is 13.2 Å². The zero-order valence-corrected chi connectivity index (χ0v) is 13.7. The molecule has 3 rings (SSSR count). The van der Waals surface area contributed by atoms with E-state index in [4.69, 9.17) is 4.74 Å². The summed E-state index contributed by atoms with van der Waals surface area (Å²) in [6, 6.07) is 12.7. The molecular formula is C17H20N2O3S. The minimum Gasteiger partial charge on any atom is -0.379 e. The van der Waals surface area contributed by atoms with Crippen LogP contribution in [0, 0.1) is 0 Å². The molecular weight excluding hydrogens is 312 g/mol. The van der Waals surface area contributed by atoms with Gasteiger partial charge in [0.2, 0.25) is 0 Å². The Labute approximate surface area is 136 Å². The zero-order chi connectivity index (χ0) is 16.1. The third-order valence-corrected chi connectivity index (χ3v) is 5.41. The third-order valence-electron chi connectivity index (χ3n) is 3.81. The minimum atomic E-state index is -3.41. The van der Waals surface area contributed by atoms with Crippen LogP contribution in [0.5, 0.6) is 0 Å². The normalized spacial score (nSPS) is 16.3. The van der Waals surface area contributed by atoms with Crippen LogP contribution in [0.25, 0.3) is 0 Å². The Bertz CT molecular complexity index is 741. The Hall–Kier alpha value is -1.76. The van der Waals surface area contributed by atoms with Gasteiger partial charge in [0.15, 0.2) is 14.9 Å². The van der Waals surface area contributed by atoms with Gasteiger partial charge in [-0.05, 0) is 23.3 Å². The van der Waals surface area contributed by atoms with Crippen molar-refractivity contribution in [3.05, 3.63) is 59.8 Å². The van der Waals surface area contributed by atoms with Gasteiger partial charge in [0.1, 0.15) is 0 Å². The summed E-state index contributed by atoms with van der Waals surface area (Å²) in [5.41, 5.74) is 1.92.